The Hall–Kier alpha value is -2.63. The van der Waals surface area contributed by atoms with Crippen LogP contribution in [0.2, 0.25) is 0 Å². The van der Waals surface area contributed by atoms with E-state index in [1.165, 1.54) is 6.20 Å². The number of carbonyl (C=O) groups excluding carboxylic acids is 1. The Bertz CT molecular complexity index is 730. The van der Waals surface area contributed by atoms with Crippen LogP contribution in [-0.4, -0.2) is 32.8 Å². The maximum Gasteiger partial charge on any atom is 0.326 e. The van der Waals surface area contributed by atoms with Gasteiger partial charge in [-0.1, -0.05) is 30.3 Å². The first-order valence-electron chi connectivity index (χ1n) is 7.83. The second-order valence-corrected chi connectivity index (χ2v) is 6.78. The van der Waals surface area contributed by atoms with E-state index in [-0.39, 0.29) is 12.0 Å². The highest BCUT2D eigenvalue weighted by Gasteiger charge is 2.25. The number of amides is 1. The molecule has 1 atom stereocenters. The summed E-state index contributed by atoms with van der Waals surface area (Å²) >= 11 is 0. The van der Waals surface area contributed by atoms with Gasteiger partial charge < -0.3 is 10.4 Å². The molecule has 1 aromatic carbocycles. The van der Waals surface area contributed by atoms with Crippen molar-refractivity contribution in [3.05, 3.63) is 53.3 Å². The highest BCUT2D eigenvalue weighted by molar-refractivity contribution is 5.97. The van der Waals surface area contributed by atoms with Crippen LogP contribution < -0.4 is 5.32 Å². The first kappa shape index (κ1) is 17.7. The van der Waals surface area contributed by atoms with Crippen molar-refractivity contribution in [2.24, 2.45) is 0 Å². The Morgan fingerprint density at radius 1 is 1.25 bits per heavy atom. The minimum Gasteiger partial charge on any atom is -0.480 e. The number of nitrogens with one attached hydrogen (secondary N) is 1. The third kappa shape index (κ3) is 4.01. The topological polar surface area (TPSA) is 84.2 Å². The van der Waals surface area contributed by atoms with E-state index in [2.05, 4.69) is 10.4 Å². The Labute approximate surface area is 141 Å². The molecule has 0 saturated carbocycles. The third-order valence-electron chi connectivity index (χ3n) is 3.78. The fraction of sp³-hybridized carbons (Fsp3) is 0.389. The monoisotopic (exact) mass is 329 g/mol. The van der Waals surface area contributed by atoms with Crippen molar-refractivity contribution in [1.82, 2.24) is 15.1 Å². The fourth-order valence-corrected chi connectivity index (χ4v) is 2.59. The molecule has 0 radical (unpaired) electrons. The lowest BCUT2D eigenvalue weighted by molar-refractivity contribution is -0.139. The molecule has 0 saturated heterocycles. The van der Waals surface area contributed by atoms with E-state index in [0.29, 0.717) is 11.3 Å². The van der Waals surface area contributed by atoms with E-state index in [1.807, 2.05) is 51.1 Å². The zero-order valence-corrected chi connectivity index (χ0v) is 14.4. The number of carbonyl (C=O) groups is 2. The van der Waals surface area contributed by atoms with E-state index >= 15 is 0 Å². The average molecular weight is 329 g/mol. The largest absolute Gasteiger partial charge is 0.480 e. The van der Waals surface area contributed by atoms with Crippen molar-refractivity contribution in [2.75, 3.05) is 0 Å². The van der Waals surface area contributed by atoms with Gasteiger partial charge in [0.05, 0.1) is 17.3 Å². The van der Waals surface area contributed by atoms with Gasteiger partial charge in [-0.25, -0.2) is 4.79 Å². The summed E-state index contributed by atoms with van der Waals surface area (Å²) in [6.07, 6.45) is 1.71. The lowest BCUT2D eigenvalue weighted by Gasteiger charge is -2.21. The minimum atomic E-state index is -1.06. The average Bonchev–Trinajstić information content (AvgIpc) is 2.89. The summed E-state index contributed by atoms with van der Waals surface area (Å²) in [4.78, 5) is 24.0. The number of rotatable bonds is 5. The van der Waals surface area contributed by atoms with Crippen molar-refractivity contribution >= 4 is 11.9 Å². The SMILES string of the molecule is Cc1c(C(=O)N[C@@H](Cc2ccccc2)C(=O)O)cnn1C(C)(C)C. The van der Waals surface area contributed by atoms with Gasteiger partial charge in [0.1, 0.15) is 6.04 Å². The summed E-state index contributed by atoms with van der Waals surface area (Å²) in [6, 6.07) is 8.23. The lowest BCUT2D eigenvalue weighted by Crippen LogP contribution is -2.42. The van der Waals surface area contributed by atoms with E-state index in [1.54, 1.807) is 11.6 Å². The van der Waals surface area contributed by atoms with E-state index in [0.717, 1.165) is 5.56 Å². The molecule has 0 aliphatic heterocycles. The Kier molecular flexibility index (Phi) is 5.07. The van der Waals surface area contributed by atoms with Crippen LogP contribution in [0.3, 0.4) is 0 Å². The zero-order valence-electron chi connectivity index (χ0n) is 14.4. The van der Waals surface area contributed by atoms with Crippen LogP contribution in [0.1, 0.15) is 42.4 Å². The zero-order chi connectivity index (χ0) is 17.9. The van der Waals surface area contributed by atoms with Gasteiger partial charge in [-0.3, -0.25) is 9.48 Å². The maximum atomic E-state index is 12.5. The van der Waals surface area contributed by atoms with Crippen molar-refractivity contribution < 1.29 is 14.7 Å². The second-order valence-electron chi connectivity index (χ2n) is 6.78. The summed E-state index contributed by atoms with van der Waals surface area (Å²) in [6.45, 7) is 7.78. The van der Waals surface area contributed by atoms with Gasteiger partial charge in [0, 0.05) is 12.1 Å². The van der Waals surface area contributed by atoms with Crippen LogP contribution in [0, 0.1) is 6.92 Å². The molecule has 0 aliphatic rings. The molecule has 2 N–H and O–H groups in total. The van der Waals surface area contributed by atoms with Crippen molar-refractivity contribution in [3.63, 3.8) is 0 Å². The molecular formula is C18H23N3O3. The van der Waals surface area contributed by atoms with Crippen LogP contribution in [0.15, 0.2) is 36.5 Å². The molecule has 1 heterocycles. The second kappa shape index (κ2) is 6.86. The lowest BCUT2D eigenvalue weighted by atomic mass is 10.1. The standard InChI is InChI=1S/C18H23N3O3/c1-12-14(11-19-21(12)18(2,3)4)16(22)20-15(17(23)24)10-13-8-6-5-7-9-13/h5-9,11,15H,10H2,1-4H3,(H,20,22)(H,23,24)/t15-/m0/s1. The van der Waals surface area contributed by atoms with Crippen molar-refractivity contribution in [3.8, 4) is 0 Å². The number of benzene rings is 1. The van der Waals surface area contributed by atoms with Gasteiger partial charge in [-0.15, -0.1) is 0 Å². The predicted molar refractivity (Wildman–Crippen MR) is 91.0 cm³/mol. The van der Waals surface area contributed by atoms with Crippen molar-refractivity contribution in [2.45, 2.75) is 45.7 Å². The fourth-order valence-electron chi connectivity index (χ4n) is 2.59. The van der Waals surface area contributed by atoms with Crippen LogP contribution in [0.4, 0.5) is 0 Å². The molecule has 0 bridgehead atoms. The summed E-state index contributed by atoms with van der Waals surface area (Å²) < 4.78 is 1.76. The molecule has 128 valence electrons. The van der Waals surface area contributed by atoms with Gasteiger partial charge in [0.2, 0.25) is 0 Å². The van der Waals surface area contributed by atoms with Gasteiger partial charge in [-0.05, 0) is 33.3 Å². The Morgan fingerprint density at radius 2 is 1.88 bits per heavy atom. The van der Waals surface area contributed by atoms with Crippen molar-refractivity contribution in [1.29, 1.82) is 0 Å². The highest BCUT2D eigenvalue weighted by Crippen LogP contribution is 2.18. The molecule has 0 unspecified atom stereocenters. The molecule has 0 spiro atoms. The van der Waals surface area contributed by atoms with E-state index < -0.39 is 17.9 Å². The molecule has 2 aromatic rings. The predicted octanol–water partition coefficient (Wildman–Crippen LogP) is 2.37. The van der Waals surface area contributed by atoms with E-state index in [4.69, 9.17) is 0 Å². The first-order valence-corrected chi connectivity index (χ1v) is 7.83. The maximum absolute atomic E-state index is 12.5. The van der Waals surface area contributed by atoms with Crippen LogP contribution in [0.25, 0.3) is 0 Å². The molecule has 1 aromatic heterocycles. The molecule has 1 amide bonds. The molecular weight excluding hydrogens is 306 g/mol. The van der Waals surface area contributed by atoms with Gasteiger partial charge in [0.25, 0.3) is 5.91 Å². The van der Waals surface area contributed by atoms with Crippen LogP contribution >= 0.6 is 0 Å². The molecule has 6 nitrogen and oxygen atoms in total. The molecule has 0 fully saturated rings. The summed E-state index contributed by atoms with van der Waals surface area (Å²) in [5, 5.41) is 16.2. The van der Waals surface area contributed by atoms with Gasteiger partial charge in [0.15, 0.2) is 0 Å². The molecule has 0 aliphatic carbocycles. The van der Waals surface area contributed by atoms with Crippen LogP contribution in [-0.2, 0) is 16.8 Å². The number of hydrogen-bond donors (Lipinski definition) is 2. The summed E-state index contributed by atoms with van der Waals surface area (Å²) in [5.74, 6) is -1.49. The summed E-state index contributed by atoms with van der Waals surface area (Å²) in [5.41, 5.74) is 1.71. The normalized spacial score (nSPS) is 12.7. The smallest absolute Gasteiger partial charge is 0.326 e. The minimum absolute atomic E-state index is 0.231. The highest BCUT2D eigenvalue weighted by atomic mass is 16.4. The number of hydrogen-bond acceptors (Lipinski definition) is 3. The number of nitrogens with zero attached hydrogens (tertiary/aromatic N) is 2. The Balaban J connectivity index is 2.17. The van der Waals surface area contributed by atoms with E-state index in [9.17, 15) is 14.7 Å². The quantitative estimate of drug-likeness (QED) is 0.882. The third-order valence-corrected chi connectivity index (χ3v) is 3.78. The number of aliphatic carboxylic acids is 1. The molecule has 6 heteroatoms. The number of carboxylic acid groups (broad SMARTS) is 1. The number of aromatic nitrogens is 2. The number of carboxylic acids is 1. The first-order chi connectivity index (χ1) is 11.2. The molecule has 2 rings (SSSR count). The van der Waals surface area contributed by atoms with Gasteiger partial charge >= 0.3 is 5.97 Å². The Morgan fingerprint density at radius 3 is 2.38 bits per heavy atom. The van der Waals surface area contributed by atoms with Gasteiger partial charge in [-0.2, -0.15) is 5.10 Å². The molecule has 24 heavy (non-hydrogen) atoms. The summed E-state index contributed by atoms with van der Waals surface area (Å²) in [7, 11) is 0. The van der Waals surface area contributed by atoms with Crippen LogP contribution in [0.5, 0.6) is 0 Å².